The minimum Gasteiger partial charge on any atom is -0.497 e. The fraction of sp³-hybridized carbons (Fsp3) is 0.588. The zero-order valence-corrected chi connectivity index (χ0v) is 13.0. The number of methoxy groups -OCH3 is 1. The summed E-state index contributed by atoms with van der Waals surface area (Å²) in [5.41, 5.74) is 2.57. The highest BCUT2D eigenvalue weighted by atomic mass is 16.5. The summed E-state index contributed by atoms with van der Waals surface area (Å²) in [6.07, 6.45) is 2.77. The largest absolute Gasteiger partial charge is 0.497 e. The smallest absolute Gasteiger partial charge is 0.226 e. The number of carbonyl (C=O) groups is 1. The normalized spacial score (nSPS) is 18.1. The highest BCUT2D eigenvalue weighted by Gasteiger charge is 2.30. The fourth-order valence-electron chi connectivity index (χ4n) is 3.11. The Bertz CT molecular complexity index is 480. The number of hydrogen-bond donors (Lipinski definition) is 0. The molecule has 1 aliphatic heterocycles. The van der Waals surface area contributed by atoms with Crippen LogP contribution in [-0.2, 0) is 11.2 Å². The average molecular weight is 275 g/mol. The van der Waals surface area contributed by atoms with E-state index < -0.39 is 0 Å². The molecule has 1 aromatic rings. The molecule has 3 nitrogen and oxygen atoms in total. The third kappa shape index (κ3) is 2.67. The van der Waals surface area contributed by atoms with Crippen LogP contribution < -0.4 is 4.74 Å². The Morgan fingerprint density at radius 1 is 1.40 bits per heavy atom. The molecule has 0 fully saturated rings. The zero-order valence-electron chi connectivity index (χ0n) is 13.0. The summed E-state index contributed by atoms with van der Waals surface area (Å²) in [6, 6.07) is 6.36. The number of fused-ring (bicyclic) bond motifs is 1. The molecule has 0 spiro atoms. The van der Waals surface area contributed by atoms with E-state index in [4.69, 9.17) is 4.74 Å². The summed E-state index contributed by atoms with van der Waals surface area (Å²) < 4.78 is 5.28. The van der Waals surface area contributed by atoms with Crippen molar-refractivity contribution >= 4 is 5.91 Å². The molecule has 1 atom stereocenters. The molecule has 1 amide bonds. The van der Waals surface area contributed by atoms with Gasteiger partial charge in [0.1, 0.15) is 5.75 Å². The van der Waals surface area contributed by atoms with Crippen molar-refractivity contribution in [2.24, 2.45) is 5.92 Å². The van der Waals surface area contributed by atoms with E-state index in [-0.39, 0.29) is 12.0 Å². The fourth-order valence-corrected chi connectivity index (χ4v) is 3.11. The molecule has 0 aromatic heterocycles. The van der Waals surface area contributed by atoms with Crippen molar-refractivity contribution in [2.75, 3.05) is 13.7 Å². The second-order valence-corrected chi connectivity index (χ2v) is 5.54. The SMILES string of the molecule is CCC(CC)C(=O)N1CCc2cc(OC)ccc2C1C. The van der Waals surface area contributed by atoms with Crippen LogP contribution in [0.4, 0.5) is 0 Å². The average Bonchev–Trinajstić information content (AvgIpc) is 2.48. The van der Waals surface area contributed by atoms with Crippen LogP contribution in [-0.4, -0.2) is 24.5 Å². The lowest BCUT2D eigenvalue weighted by atomic mass is 9.91. The lowest BCUT2D eigenvalue weighted by Gasteiger charge is -2.37. The topological polar surface area (TPSA) is 29.5 Å². The molecule has 0 N–H and O–H groups in total. The Morgan fingerprint density at radius 3 is 2.70 bits per heavy atom. The van der Waals surface area contributed by atoms with Crippen molar-refractivity contribution < 1.29 is 9.53 Å². The highest BCUT2D eigenvalue weighted by Crippen LogP contribution is 2.33. The Hall–Kier alpha value is -1.51. The van der Waals surface area contributed by atoms with E-state index in [1.807, 2.05) is 11.0 Å². The van der Waals surface area contributed by atoms with E-state index in [0.29, 0.717) is 5.91 Å². The van der Waals surface area contributed by atoms with Gasteiger partial charge < -0.3 is 9.64 Å². The van der Waals surface area contributed by atoms with Crippen LogP contribution >= 0.6 is 0 Å². The first-order valence-electron chi connectivity index (χ1n) is 7.59. The first-order chi connectivity index (χ1) is 9.62. The van der Waals surface area contributed by atoms with Crippen molar-refractivity contribution in [2.45, 2.75) is 46.1 Å². The summed E-state index contributed by atoms with van der Waals surface area (Å²) in [6.45, 7) is 7.14. The Morgan fingerprint density at radius 2 is 2.10 bits per heavy atom. The van der Waals surface area contributed by atoms with Gasteiger partial charge in [-0.2, -0.15) is 0 Å². The van der Waals surface area contributed by atoms with Crippen molar-refractivity contribution in [1.29, 1.82) is 0 Å². The molecule has 0 saturated carbocycles. The highest BCUT2D eigenvalue weighted by molar-refractivity contribution is 5.79. The Balaban J connectivity index is 2.23. The number of nitrogens with zero attached hydrogens (tertiary/aromatic N) is 1. The van der Waals surface area contributed by atoms with Gasteiger partial charge in [-0.05, 0) is 49.4 Å². The molecule has 1 aromatic carbocycles. The second kappa shape index (κ2) is 6.29. The third-order valence-electron chi connectivity index (χ3n) is 4.51. The van der Waals surface area contributed by atoms with Gasteiger partial charge in [0.15, 0.2) is 0 Å². The van der Waals surface area contributed by atoms with Gasteiger partial charge in [-0.3, -0.25) is 4.79 Å². The third-order valence-corrected chi connectivity index (χ3v) is 4.51. The molecule has 1 unspecified atom stereocenters. The number of amides is 1. The number of carbonyl (C=O) groups excluding carboxylic acids is 1. The van der Waals surface area contributed by atoms with E-state index in [0.717, 1.165) is 31.6 Å². The Labute approximate surface area is 121 Å². The molecule has 20 heavy (non-hydrogen) atoms. The van der Waals surface area contributed by atoms with Crippen molar-refractivity contribution in [3.8, 4) is 5.75 Å². The van der Waals surface area contributed by atoms with Crippen LogP contribution in [0.5, 0.6) is 5.75 Å². The van der Waals surface area contributed by atoms with Gasteiger partial charge in [0.05, 0.1) is 13.2 Å². The predicted octanol–water partition coefficient (Wildman–Crippen LogP) is 3.58. The van der Waals surface area contributed by atoms with E-state index >= 15 is 0 Å². The van der Waals surface area contributed by atoms with E-state index in [9.17, 15) is 4.79 Å². The maximum absolute atomic E-state index is 12.6. The van der Waals surface area contributed by atoms with Crippen molar-refractivity contribution in [3.63, 3.8) is 0 Å². The molecular formula is C17H25NO2. The maximum Gasteiger partial charge on any atom is 0.226 e. The first kappa shape index (κ1) is 14.9. The van der Waals surface area contributed by atoms with Gasteiger partial charge in [-0.1, -0.05) is 19.9 Å². The van der Waals surface area contributed by atoms with Gasteiger partial charge in [0, 0.05) is 12.5 Å². The summed E-state index contributed by atoms with van der Waals surface area (Å²) in [4.78, 5) is 14.7. The molecule has 2 rings (SSSR count). The molecule has 0 saturated heterocycles. The molecule has 110 valence electrons. The van der Waals surface area contributed by atoms with E-state index in [2.05, 4.69) is 32.9 Å². The lowest BCUT2D eigenvalue weighted by Crippen LogP contribution is -2.42. The van der Waals surface area contributed by atoms with Crippen LogP contribution in [0.2, 0.25) is 0 Å². The van der Waals surface area contributed by atoms with Gasteiger partial charge in [0.2, 0.25) is 5.91 Å². The quantitative estimate of drug-likeness (QED) is 0.840. The van der Waals surface area contributed by atoms with Crippen LogP contribution in [0.15, 0.2) is 18.2 Å². The summed E-state index contributed by atoms with van der Waals surface area (Å²) in [5, 5.41) is 0. The van der Waals surface area contributed by atoms with E-state index in [1.54, 1.807) is 7.11 Å². The van der Waals surface area contributed by atoms with Gasteiger partial charge in [-0.15, -0.1) is 0 Å². The minimum atomic E-state index is 0.164. The number of rotatable bonds is 4. The standard InChI is InChI=1S/C17H25NO2/c1-5-13(6-2)17(19)18-10-9-14-11-15(20-4)7-8-16(14)12(18)3/h7-8,11-13H,5-6,9-10H2,1-4H3. The summed E-state index contributed by atoms with van der Waals surface area (Å²) >= 11 is 0. The molecular weight excluding hydrogens is 250 g/mol. The minimum absolute atomic E-state index is 0.164. The number of hydrogen-bond acceptors (Lipinski definition) is 2. The molecule has 1 aliphatic rings. The van der Waals surface area contributed by atoms with Crippen LogP contribution in [0.3, 0.4) is 0 Å². The second-order valence-electron chi connectivity index (χ2n) is 5.54. The number of ether oxygens (including phenoxy) is 1. The van der Waals surface area contributed by atoms with Crippen LogP contribution in [0.1, 0.15) is 50.8 Å². The van der Waals surface area contributed by atoms with Crippen molar-refractivity contribution in [3.05, 3.63) is 29.3 Å². The van der Waals surface area contributed by atoms with Gasteiger partial charge in [-0.25, -0.2) is 0 Å². The monoisotopic (exact) mass is 275 g/mol. The predicted molar refractivity (Wildman–Crippen MR) is 80.9 cm³/mol. The maximum atomic E-state index is 12.6. The molecule has 0 radical (unpaired) electrons. The van der Waals surface area contributed by atoms with Gasteiger partial charge in [0.25, 0.3) is 0 Å². The molecule has 3 heteroatoms. The Kier molecular flexibility index (Phi) is 4.69. The summed E-state index contributed by atoms with van der Waals surface area (Å²) in [7, 11) is 1.69. The zero-order chi connectivity index (χ0) is 14.7. The van der Waals surface area contributed by atoms with Crippen molar-refractivity contribution in [1.82, 2.24) is 4.90 Å². The van der Waals surface area contributed by atoms with Gasteiger partial charge >= 0.3 is 0 Å². The molecule has 0 bridgehead atoms. The summed E-state index contributed by atoms with van der Waals surface area (Å²) in [5.74, 6) is 1.37. The number of benzene rings is 1. The molecule has 0 aliphatic carbocycles. The lowest BCUT2D eigenvalue weighted by molar-refractivity contribution is -0.138. The molecule has 1 heterocycles. The van der Waals surface area contributed by atoms with E-state index in [1.165, 1.54) is 11.1 Å². The van der Waals surface area contributed by atoms with Crippen LogP contribution in [0, 0.1) is 5.92 Å². The van der Waals surface area contributed by atoms with Crippen LogP contribution in [0.25, 0.3) is 0 Å². The first-order valence-corrected chi connectivity index (χ1v) is 7.59.